The Balaban J connectivity index is 1.36. The number of nitrogens with zero attached hydrogens (tertiary/aromatic N) is 4. The van der Waals surface area contributed by atoms with E-state index in [9.17, 15) is 57.9 Å². The van der Waals surface area contributed by atoms with Gasteiger partial charge in [-0.25, -0.2) is 28.6 Å². The number of imidazole rings is 1. The number of nitrogens with one attached hydrogen (secondary N) is 2. The summed E-state index contributed by atoms with van der Waals surface area (Å²) < 4.78 is 62.3. The van der Waals surface area contributed by atoms with Gasteiger partial charge in [-0.2, -0.15) is 4.31 Å². The molecule has 1 aliphatic rings. The van der Waals surface area contributed by atoms with Gasteiger partial charge in [0.05, 0.1) is 19.5 Å². The Hall–Kier alpha value is -2.70. The number of amides is 2. The topological polar surface area (TPSA) is 364 Å². The van der Waals surface area contributed by atoms with Gasteiger partial charge >= 0.3 is 23.5 Å². The smallest absolute Gasteiger partial charge is 0.386 e. The van der Waals surface area contributed by atoms with Crippen molar-refractivity contribution in [3.05, 3.63) is 24.8 Å². The Morgan fingerprint density at radius 2 is 1.62 bits per heavy atom. The van der Waals surface area contributed by atoms with Crippen LogP contribution in [0.2, 0.25) is 0 Å². The van der Waals surface area contributed by atoms with Crippen LogP contribution in [0.1, 0.15) is 97.6 Å². The molecule has 1 fully saturated rings. The number of nitrogen functional groups attached to an aromatic ring is 1. The van der Waals surface area contributed by atoms with Gasteiger partial charge < -0.3 is 50.9 Å². The van der Waals surface area contributed by atoms with Crippen molar-refractivity contribution < 1.29 is 80.5 Å². The van der Waals surface area contributed by atoms with Crippen LogP contribution in [0.4, 0.5) is 5.82 Å². The molecular weight excluding hydrogens is 915 g/mol. The van der Waals surface area contributed by atoms with Crippen molar-refractivity contribution in [2.24, 2.45) is 5.41 Å². The number of unbranched alkanes of at least 4 members (excludes halogenated alkanes) is 7. The average Bonchev–Trinajstić information content (AvgIpc) is 3.76. The second-order valence-electron chi connectivity index (χ2n) is 15.2. The number of ether oxygens (including phenoxy) is 1. The first-order valence-corrected chi connectivity index (χ1v) is 25.8. The van der Waals surface area contributed by atoms with E-state index in [1.807, 2.05) is 0 Å². The van der Waals surface area contributed by atoms with Crippen LogP contribution in [0, 0.1) is 5.41 Å². The van der Waals surface area contributed by atoms with E-state index in [4.69, 9.17) is 19.5 Å². The van der Waals surface area contributed by atoms with Crippen LogP contribution < -0.4 is 16.4 Å². The molecule has 0 aromatic carbocycles. The van der Waals surface area contributed by atoms with E-state index in [1.165, 1.54) is 52.4 Å². The number of aromatic nitrogens is 4. The SMILES string of the molecule is CCCCCCCCC=CCCCC(=O)SCCNC(=O)CCNC(=O)C(O)C(C)(C)COP(=O)(O)OP(=O)(O)OCC1OC(n2cnc3c(N)ncnc32)C(O)C1OP(=O)(O)O. The highest BCUT2D eigenvalue weighted by atomic mass is 32.2. The fraction of sp³-hybridized carbons (Fsp3) is 0.714. The summed E-state index contributed by atoms with van der Waals surface area (Å²) in [5.74, 6) is -1.05. The number of phosphoric acid groups is 3. The lowest BCUT2D eigenvalue weighted by molar-refractivity contribution is -0.137. The molecule has 2 aromatic heterocycles. The van der Waals surface area contributed by atoms with Crippen LogP contribution in [0.15, 0.2) is 24.8 Å². The van der Waals surface area contributed by atoms with Crippen LogP contribution in [0.25, 0.3) is 11.2 Å². The first-order valence-electron chi connectivity index (χ1n) is 20.3. The maximum atomic E-state index is 12.7. The van der Waals surface area contributed by atoms with Crippen molar-refractivity contribution in [3.63, 3.8) is 0 Å². The van der Waals surface area contributed by atoms with Crippen molar-refractivity contribution in [1.29, 1.82) is 0 Å². The summed E-state index contributed by atoms with van der Waals surface area (Å²) in [5.41, 5.74) is 4.28. The van der Waals surface area contributed by atoms with Gasteiger partial charge in [-0.05, 0) is 25.7 Å². The zero-order valence-electron chi connectivity index (χ0n) is 35.3. The van der Waals surface area contributed by atoms with Crippen molar-refractivity contribution >= 4 is 69.1 Å². The van der Waals surface area contributed by atoms with Crippen LogP contribution >= 0.6 is 35.2 Å². The molecule has 0 saturated carbocycles. The van der Waals surface area contributed by atoms with Gasteiger partial charge in [-0.15, -0.1) is 0 Å². The van der Waals surface area contributed by atoms with E-state index in [2.05, 4.69) is 53.5 Å². The number of thioether (sulfide) groups is 1. The molecule has 10 N–H and O–H groups in total. The summed E-state index contributed by atoms with van der Waals surface area (Å²) in [6, 6.07) is 0. The predicted octanol–water partition coefficient (Wildman–Crippen LogP) is 3.14. The van der Waals surface area contributed by atoms with Gasteiger partial charge in [0.1, 0.15) is 36.3 Å². The molecule has 2 aromatic rings. The Kier molecular flexibility index (Phi) is 22.4. The maximum absolute atomic E-state index is 12.7. The van der Waals surface area contributed by atoms with Gasteiger partial charge in [-0.3, -0.25) is 32.5 Å². The summed E-state index contributed by atoms with van der Waals surface area (Å²) in [6.45, 7) is 2.75. The molecule has 7 atom stereocenters. The number of carbonyl (C=O) groups excluding carboxylic acids is 3. The van der Waals surface area contributed by atoms with Crippen LogP contribution in [0.5, 0.6) is 0 Å². The Morgan fingerprint density at radius 1 is 0.952 bits per heavy atom. The summed E-state index contributed by atoms with van der Waals surface area (Å²) in [5, 5.41) is 26.6. The number of hydrogen-bond acceptors (Lipinski definition) is 18. The van der Waals surface area contributed by atoms with Gasteiger partial charge in [0.15, 0.2) is 22.8 Å². The number of allylic oxidation sites excluding steroid dienone is 2. The Morgan fingerprint density at radius 3 is 2.32 bits per heavy atom. The molecule has 2 amide bonds. The second-order valence-corrected chi connectivity index (χ2v) is 20.6. The van der Waals surface area contributed by atoms with Gasteiger partial charge in [0.2, 0.25) is 11.8 Å². The lowest BCUT2D eigenvalue weighted by atomic mass is 9.87. The van der Waals surface area contributed by atoms with Crippen molar-refractivity contribution in [2.75, 3.05) is 37.8 Å². The minimum atomic E-state index is -5.57. The molecule has 1 aliphatic heterocycles. The molecule has 0 radical (unpaired) electrons. The highest BCUT2D eigenvalue weighted by Gasteiger charge is 2.50. The lowest BCUT2D eigenvalue weighted by Crippen LogP contribution is -2.46. The normalized spacial score (nSPS) is 20.7. The first-order chi connectivity index (χ1) is 29.6. The number of anilines is 1. The first kappa shape index (κ1) is 54.6. The third-order valence-electron chi connectivity index (χ3n) is 9.41. The van der Waals surface area contributed by atoms with E-state index in [1.54, 1.807) is 0 Å². The van der Waals surface area contributed by atoms with Gasteiger partial charge in [-0.1, -0.05) is 76.8 Å². The number of nitrogens with two attached hydrogens (primary N) is 1. The number of rotatable bonds is 30. The van der Waals surface area contributed by atoms with E-state index in [0.29, 0.717) is 12.2 Å². The summed E-state index contributed by atoms with van der Waals surface area (Å²) in [7, 11) is -16.4. The molecular formula is C35H60N7O17P3S. The number of carbonyl (C=O) groups is 3. The molecule has 3 rings (SSSR count). The highest BCUT2D eigenvalue weighted by molar-refractivity contribution is 8.13. The van der Waals surface area contributed by atoms with E-state index >= 15 is 0 Å². The molecule has 358 valence electrons. The summed E-state index contributed by atoms with van der Waals surface area (Å²) in [6.07, 6.45) is 7.98. The molecule has 1 saturated heterocycles. The van der Waals surface area contributed by atoms with Crippen LogP contribution in [0.3, 0.4) is 0 Å². The number of phosphoric ester groups is 3. The largest absolute Gasteiger partial charge is 0.481 e. The van der Waals surface area contributed by atoms with Gasteiger partial charge in [0, 0.05) is 37.1 Å². The molecule has 28 heteroatoms. The molecule has 0 bridgehead atoms. The highest BCUT2D eigenvalue weighted by Crippen LogP contribution is 2.61. The molecule has 0 aliphatic carbocycles. The maximum Gasteiger partial charge on any atom is 0.481 e. The standard InChI is InChI=1S/C35H60N7O17P3S/c1-4-5-6-7-8-9-10-11-12-13-14-15-26(44)63-19-18-37-25(43)16-17-38-33(47)30(46)35(2,3)21-56-62(53,54)59-61(51,52)55-20-24-29(58-60(48,49)50)28(45)34(57-24)42-23-41-27-31(36)39-22-40-32(27)42/h11-12,22-24,28-30,34,45-46H,4-10,13-21H2,1-3H3,(H,37,43)(H,38,47)(H,51,52)(H,53,54)(H2,36,39,40)(H2,48,49,50). The quantitative estimate of drug-likeness (QED) is 0.0308. The molecule has 24 nitrogen and oxygen atoms in total. The summed E-state index contributed by atoms with van der Waals surface area (Å²) in [4.78, 5) is 88.1. The van der Waals surface area contributed by atoms with Gasteiger partial charge in [0.25, 0.3) is 0 Å². The molecule has 63 heavy (non-hydrogen) atoms. The zero-order chi connectivity index (χ0) is 46.8. The van der Waals surface area contributed by atoms with Crippen molar-refractivity contribution in [3.8, 4) is 0 Å². The molecule has 3 heterocycles. The van der Waals surface area contributed by atoms with E-state index in [0.717, 1.165) is 48.2 Å². The summed E-state index contributed by atoms with van der Waals surface area (Å²) >= 11 is 1.13. The number of fused-ring (bicyclic) bond motifs is 1. The third kappa shape index (κ3) is 19.4. The number of aliphatic hydroxyl groups is 2. The van der Waals surface area contributed by atoms with E-state index in [-0.39, 0.29) is 41.6 Å². The fourth-order valence-corrected chi connectivity index (χ4v) is 9.56. The minimum absolute atomic E-state index is 0.0323. The third-order valence-corrected chi connectivity index (χ3v) is 13.4. The van der Waals surface area contributed by atoms with Crippen LogP contribution in [-0.4, -0.2) is 123 Å². The minimum Gasteiger partial charge on any atom is -0.386 e. The Bertz CT molecular complexity index is 1970. The zero-order valence-corrected chi connectivity index (χ0v) is 38.8. The second kappa shape index (κ2) is 25.9. The van der Waals surface area contributed by atoms with Crippen LogP contribution in [-0.2, 0) is 50.7 Å². The van der Waals surface area contributed by atoms with Crippen molar-refractivity contribution in [1.82, 2.24) is 30.2 Å². The molecule has 7 unspecified atom stereocenters. The lowest BCUT2D eigenvalue weighted by Gasteiger charge is -2.30. The predicted molar refractivity (Wildman–Crippen MR) is 228 cm³/mol. The fourth-order valence-electron chi connectivity index (χ4n) is 6.01. The average molecular weight is 976 g/mol. The molecule has 0 spiro atoms. The number of aliphatic hydroxyl groups excluding tert-OH is 2. The Labute approximate surface area is 368 Å². The van der Waals surface area contributed by atoms with Crippen molar-refractivity contribution in [2.45, 2.75) is 122 Å². The monoisotopic (exact) mass is 975 g/mol. The number of hydrogen-bond donors (Lipinski definition) is 9. The van der Waals surface area contributed by atoms with E-state index < -0.39 is 84.6 Å².